The van der Waals surface area contributed by atoms with Crippen molar-refractivity contribution in [1.82, 2.24) is 10.6 Å². The Balaban J connectivity index is 1.75. The maximum absolute atomic E-state index is 13.0. The Morgan fingerprint density at radius 3 is 2.36 bits per heavy atom. The third-order valence-corrected chi connectivity index (χ3v) is 4.61. The SMILES string of the molecule is CC(C)C(CNC1CC(c2ccc(F)cc2)C1)NC(=O)OC(C)(C)C. The van der Waals surface area contributed by atoms with Gasteiger partial charge in [0.25, 0.3) is 0 Å². The summed E-state index contributed by atoms with van der Waals surface area (Å²) in [6.45, 7) is 10.5. The van der Waals surface area contributed by atoms with Crippen LogP contribution in [0.25, 0.3) is 0 Å². The average Bonchev–Trinajstić information content (AvgIpc) is 2.44. The number of halogens is 1. The van der Waals surface area contributed by atoms with Crippen molar-refractivity contribution in [1.29, 1.82) is 0 Å². The lowest BCUT2D eigenvalue weighted by molar-refractivity contribution is 0.0487. The maximum Gasteiger partial charge on any atom is 0.407 e. The van der Waals surface area contributed by atoms with E-state index in [1.54, 1.807) is 0 Å². The van der Waals surface area contributed by atoms with Crippen molar-refractivity contribution >= 4 is 6.09 Å². The Labute approximate surface area is 150 Å². The van der Waals surface area contributed by atoms with Crippen LogP contribution >= 0.6 is 0 Å². The molecular formula is C20H31FN2O2. The van der Waals surface area contributed by atoms with Crippen molar-refractivity contribution < 1.29 is 13.9 Å². The van der Waals surface area contributed by atoms with Gasteiger partial charge in [-0.05, 0) is 63.1 Å². The van der Waals surface area contributed by atoms with Gasteiger partial charge in [0.1, 0.15) is 11.4 Å². The van der Waals surface area contributed by atoms with E-state index in [0.717, 1.165) is 19.4 Å². The van der Waals surface area contributed by atoms with Crippen LogP contribution in [0.4, 0.5) is 9.18 Å². The molecule has 25 heavy (non-hydrogen) atoms. The van der Waals surface area contributed by atoms with Crippen LogP contribution in [0, 0.1) is 11.7 Å². The van der Waals surface area contributed by atoms with E-state index in [0.29, 0.717) is 17.9 Å². The highest BCUT2D eigenvalue weighted by Gasteiger charge is 2.31. The first-order chi connectivity index (χ1) is 11.6. The molecule has 0 heterocycles. The normalized spacial score (nSPS) is 21.6. The molecule has 0 spiro atoms. The molecule has 0 aliphatic heterocycles. The van der Waals surface area contributed by atoms with Crippen molar-refractivity contribution in [3.8, 4) is 0 Å². The Kier molecular flexibility index (Phi) is 6.44. The number of hydrogen-bond acceptors (Lipinski definition) is 3. The van der Waals surface area contributed by atoms with Crippen molar-refractivity contribution in [2.24, 2.45) is 5.92 Å². The molecular weight excluding hydrogens is 319 g/mol. The molecule has 1 fully saturated rings. The lowest BCUT2D eigenvalue weighted by Crippen LogP contribution is -2.51. The molecule has 2 N–H and O–H groups in total. The third kappa shape index (κ3) is 6.31. The summed E-state index contributed by atoms with van der Waals surface area (Å²) in [4.78, 5) is 12.0. The van der Waals surface area contributed by atoms with Crippen LogP contribution < -0.4 is 10.6 Å². The largest absolute Gasteiger partial charge is 0.444 e. The first-order valence-corrected chi connectivity index (χ1v) is 9.12. The van der Waals surface area contributed by atoms with Crippen LogP contribution in [0.2, 0.25) is 0 Å². The van der Waals surface area contributed by atoms with E-state index in [1.165, 1.54) is 17.7 Å². The number of hydrogen-bond donors (Lipinski definition) is 2. The highest BCUT2D eigenvalue weighted by molar-refractivity contribution is 5.68. The Morgan fingerprint density at radius 1 is 1.24 bits per heavy atom. The zero-order chi connectivity index (χ0) is 18.6. The first-order valence-electron chi connectivity index (χ1n) is 9.12. The van der Waals surface area contributed by atoms with Gasteiger partial charge in [0.05, 0.1) is 0 Å². The molecule has 0 bridgehead atoms. The number of benzene rings is 1. The molecule has 0 aromatic heterocycles. The Morgan fingerprint density at radius 2 is 1.84 bits per heavy atom. The zero-order valence-electron chi connectivity index (χ0n) is 15.9. The van der Waals surface area contributed by atoms with Gasteiger partial charge < -0.3 is 15.4 Å². The van der Waals surface area contributed by atoms with Gasteiger partial charge in [-0.3, -0.25) is 0 Å². The summed E-state index contributed by atoms with van der Waals surface area (Å²) in [5, 5.41) is 6.50. The second-order valence-electron chi connectivity index (χ2n) is 8.32. The number of nitrogens with one attached hydrogen (secondary N) is 2. The summed E-state index contributed by atoms with van der Waals surface area (Å²) >= 11 is 0. The molecule has 5 heteroatoms. The van der Waals surface area contributed by atoms with Crippen LogP contribution in [0.5, 0.6) is 0 Å². The van der Waals surface area contributed by atoms with Gasteiger partial charge in [0.2, 0.25) is 0 Å². The fraction of sp³-hybridized carbons (Fsp3) is 0.650. The zero-order valence-corrected chi connectivity index (χ0v) is 15.9. The number of carbonyl (C=O) groups excluding carboxylic acids is 1. The first kappa shape index (κ1) is 19.7. The summed E-state index contributed by atoms with van der Waals surface area (Å²) < 4.78 is 18.3. The van der Waals surface area contributed by atoms with Crippen LogP contribution in [-0.2, 0) is 4.74 Å². The molecule has 140 valence electrons. The molecule has 0 radical (unpaired) electrons. The van der Waals surface area contributed by atoms with Gasteiger partial charge in [0.15, 0.2) is 0 Å². The fourth-order valence-corrected chi connectivity index (χ4v) is 3.00. The van der Waals surface area contributed by atoms with Crippen molar-refractivity contribution in [3.05, 3.63) is 35.6 Å². The standard InChI is InChI=1S/C20H31FN2O2/c1-13(2)18(23-19(24)25-20(3,4)5)12-22-17-10-15(11-17)14-6-8-16(21)9-7-14/h6-9,13,15,17-18,22H,10-12H2,1-5H3,(H,23,24). The molecule has 2 rings (SSSR count). The number of carbonyl (C=O) groups is 1. The number of ether oxygens (including phenoxy) is 1. The van der Waals surface area contributed by atoms with Gasteiger partial charge >= 0.3 is 6.09 Å². The van der Waals surface area contributed by atoms with Crippen LogP contribution in [0.15, 0.2) is 24.3 Å². The predicted octanol–water partition coefficient (Wildman–Crippen LogP) is 4.21. The van der Waals surface area contributed by atoms with Crippen LogP contribution in [0.1, 0.15) is 58.9 Å². The topological polar surface area (TPSA) is 50.4 Å². The summed E-state index contributed by atoms with van der Waals surface area (Å²) in [7, 11) is 0. The lowest BCUT2D eigenvalue weighted by Gasteiger charge is -2.38. The quantitative estimate of drug-likeness (QED) is 0.808. The third-order valence-electron chi connectivity index (χ3n) is 4.61. The van der Waals surface area contributed by atoms with E-state index in [-0.39, 0.29) is 18.0 Å². The smallest absolute Gasteiger partial charge is 0.407 e. The molecule has 1 aliphatic rings. The van der Waals surface area contributed by atoms with E-state index >= 15 is 0 Å². The van der Waals surface area contributed by atoms with Crippen LogP contribution in [-0.4, -0.2) is 30.3 Å². The maximum atomic E-state index is 13.0. The summed E-state index contributed by atoms with van der Waals surface area (Å²) in [5.74, 6) is 0.619. The molecule has 1 aliphatic carbocycles. The Hall–Kier alpha value is -1.62. The Bertz CT molecular complexity index is 560. The minimum absolute atomic E-state index is 0.0275. The van der Waals surface area contributed by atoms with Gasteiger partial charge in [0, 0.05) is 18.6 Å². The molecule has 1 unspecified atom stereocenters. The van der Waals surface area contributed by atoms with Gasteiger partial charge in [-0.15, -0.1) is 0 Å². The number of amides is 1. The van der Waals surface area contributed by atoms with E-state index < -0.39 is 5.60 Å². The van der Waals surface area contributed by atoms with E-state index in [1.807, 2.05) is 32.9 Å². The van der Waals surface area contributed by atoms with Crippen molar-refractivity contribution in [2.75, 3.05) is 6.54 Å². The van der Waals surface area contributed by atoms with E-state index in [9.17, 15) is 9.18 Å². The minimum Gasteiger partial charge on any atom is -0.444 e. The monoisotopic (exact) mass is 350 g/mol. The molecule has 1 amide bonds. The van der Waals surface area contributed by atoms with E-state index in [4.69, 9.17) is 4.74 Å². The van der Waals surface area contributed by atoms with Crippen LogP contribution in [0.3, 0.4) is 0 Å². The molecule has 1 aromatic rings. The van der Waals surface area contributed by atoms with E-state index in [2.05, 4.69) is 24.5 Å². The summed E-state index contributed by atoms with van der Waals surface area (Å²) in [6, 6.07) is 7.26. The molecule has 1 atom stereocenters. The van der Waals surface area contributed by atoms with Gasteiger partial charge in [-0.25, -0.2) is 9.18 Å². The second kappa shape index (κ2) is 8.17. The highest BCUT2D eigenvalue weighted by Crippen LogP contribution is 2.36. The van der Waals surface area contributed by atoms with Crippen molar-refractivity contribution in [2.45, 2.75) is 71.1 Å². The predicted molar refractivity (Wildman–Crippen MR) is 98.2 cm³/mol. The van der Waals surface area contributed by atoms with Gasteiger partial charge in [-0.1, -0.05) is 26.0 Å². The molecule has 1 saturated carbocycles. The van der Waals surface area contributed by atoms with Gasteiger partial charge in [-0.2, -0.15) is 0 Å². The number of rotatable bonds is 6. The molecule has 1 aromatic carbocycles. The lowest BCUT2D eigenvalue weighted by atomic mass is 9.76. The summed E-state index contributed by atoms with van der Waals surface area (Å²) in [6.07, 6.45) is 1.72. The summed E-state index contributed by atoms with van der Waals surface area (Å²) in [5.41, 5.74) is 0.710. The average molecular weight is 350 g/mol. The molecule has 4 nitrogen and oxygen atoms in total. The van der Waals surface area contributed by atoms with Crippen molar-refractivity contribution in [3.63, 3.8) is 0 Å². The second-order valence-corrected chi connectivity index (χ2v) is 8.32. The highest BCUT2D eigenvalue weighted by atomic mass is 19.1. The fourth-order valence-electron chi connectivity index (χ4n) is 3.00. The minimum atomic E-state index is -0.491. The number of alkyl carbamates (subject to hydrolysis) is 1. The molecule has 0 saturated heterocycles.